The Bertz CT molecular complexity index is 824. The monoisotopic (exact) mass is 467 g/mol. The summed E-state index contributed by atoms with van der Waals surface area (Å²) in [6, 6.07) is 3.84. The SMILES string of the molecule is CCC(C)COC(=O)OC(C)CN[C@@H](Cc1ccc(OC(C)=O)c(OC(C)=O)c1)C(=O)OC. The fourth-order valence-electron chi connectivity index (χ4n) is 2.65. The van der Waals surface area contributed by atoms with Crippen molar-refractivity contribution in [1.82, 2.24) is 5.32 Å². The summed E-state index contributed by atoms with van der Waals surface area (Å²) < 4.78 is 25.3. The number of carbonyl (C=O) groups excluding carboxylic acids is 4. The number of ether oxygens (including phenoxy) is 5. The maximum Gasteiger partial charge on any atom is 0.508 e. The highest BCUT2D eigenvalue weighted by Gasteiger charge is 2.22. The number of methoxy groups -OCH3 is 1. The van der Waals surface area contributed by atoms with Gasteiger partial charge in [0.25, 0.3) is 0 Å². The van der Waals surface area contributed by atoms with Gasteiger partial charge in [0.1, 0.15) is 12.1 Å². The van der Waals surface area contributed by atoms with Gasteiger partial charge >= 0.3 is 24.1 Å². The number of hydrogen-bond donors (Lipinski definition) is 1. The van der Waals surface area contributed by atoms with E-state index in [-0.39, 0.29) is 37.0 Å². The van der Waals surface area contributed by atoms with Crippen LogP contribution in [0.2, 0.25) is 0 Å². The fourth-order valence-corrected chi connectivity index (χ4v) is 2.65. The molecule has 1 aromatic rings. The van der Waals surface area contributed by atoms with E-state index in [0.29, 0.717) is 5.56 Å². The molecule has 0 radical (unpaired) electrons. The first-order valence-corrected chi connectivity index (χ1v) is 10.7. The highest BCUT2D eigenvalue weighted by Crippen LogP contribution is 2.29. The standard InChI is InChI=1S/C23H33NO9/c1-7-14(2)13-30-23(28)31-15(3)12-24-19(22(27)29-6)10-18-8-9-20(32-16(4)25)21(11-18)33-17(5)26/h8-9,11,14-15,19,24H,7,10,12-13H2,1-6H3/t14?,15?,19-/m0/s1. The smallest absolute Gasteiger partial charge is 0.468 e. The van der Waals surface area contributed by atoms with Crippen molar-refractivity contribution in [3.05, 3.63) is 23.8 Å². The summed E-state index contributed by atoms with van der Waals surface area (Å²) in [6.07, 6.45) is -0.283. The summed E-state index contributed by atoms with van der Waals surface area (Å²) in [5.41, 5.74) is 0.617. The van der Waals surface area contributed by atoms with Gasteiger partial charge in [-0.25, -0.2) is 4.79 Å². The topological polar surface area (TPSA) is 126 Å². The first kappa shape index (κ1) is 27.9. The molecule has 0 aromatic heterocycles. The van der Waals surface area contributed by atoms with Crippen LogP contribution in [-0.2, 0) is 35.0 Å². The number of carbonyl (C=O) groups is 4. The first-order chi connectivity index (χ1) is 15.5. The van der Waals surface area contributed by atoms with Gasteiger partial charge in [0.2, 0.25) is 0 Å². The molecule has 1 aromatic carbocycles. The molecular formula is C23H33NO9. The summed E-state index contributed by atoms with van der Waals surface area (Å²) in [6.45, 7) is 8.51. The Hall–Kier alpha value is -3.14. The van der Waals surface area contributed by atoms with Crippen molar-refractivity contribution < 1.29 is 42.9 Å². The third-order valence-electron chi connectivity index (χ3n) is 4.57. The van der Waals surface area contributed by atoms with Crippen LogP contribution in [0.25, 0.3) is 0 Å². The minimum atomic E-state index is -0.776. The van der Waals surface area contributed by atoms with E-state index in [0.717, 1.165) is 6.42 Å². The van der Waals surface area contributed by atoms with E-state index in [2.05, 4.69) is 5.32 Å². The highest BCUT2D eigenvalue weighted by molar-refractivity contribution is 5.76. The molecule has 0 heterocycles. The third-order valence-corrected chi connectivity index (χ3v) is 4.57. The van der Waals surface area contributed by atoms with Crippen LogP contribution >= 0.6 is 0 Å². The third kappa shape index (κ3) is 10.8. The van der Waals surface area contributed by atoms with Crippen LogP contribution in [0.3, 0.4) is 0 Å². The molecule has 0 fully saturated rings. The van der Waals surface area contributed by atoms with Crippen molar-refractivity contribution in [2.45, 2.75) is 59.6 Å². The first-order valence-electron chi connectivity index (χ1n) is 10.7. The molecule has 1 N–H and O–H groups in total. The minimum absolute atomic E-state index is 0.0552. The molecule has 3 atom stereocenters. The second-order valence-electron chi connectivity index (χ2n) is 7.66. The molecule has 0 amide bonds. The molecule has 1 rings (SSSR count). The van der Waals surface area contributed by atoms with Gasteiger partial charge in [0, 0.05) is 20.4 Å². The Morgan fingerprint density at radius 1 is 1.00 bits per heavy atom. The number of esters is 3. The van der Waals surface area contributed by atoms with Crippen molar-refractivity contribution in [3.63, 3.8) is 0 Å². The predicted octanol–water partition coefficient (Wildman–Crippen LogP) is 2.80. The van der Waals surface area contributed by atoms with Crippen LogP contribution < -0.4 is 14.8 Å². The molecule has 184 valence electrons. The Balaban J connectivity index is 2.81. The second-order valence-corrected chi connectivity index (χ2v) is 7.66. The highest BCUT2D eigenvalue weighted by atomic mass is 16.7. The van der Waals surface area contributed by atoms with Crippen molar-refractivity contribution in [1.29, 1.82) is 0 Å². The molecule has 10 heteroatoms. The predicted molar refractivity (Wildman–Crippen MR) is 118 cm³/mol. The van der Waals surface area contributed by atoms with Crippen LogP contribution in [0.4, 0.5) is 4.79 Å². The Labute approximate surface area is 193 Å². The molecule has 33 heavy (non-hydrogen) atoms. The average molecular weight is 468 g/mol. The molecule has 10 nitrogen and oxygen atoms in total. The van der Waals surface area contributed by atoms with Crippen LogP contribution in [0.15, 0.2) is 18.2 Å². The van der Waals surface area contributed by atoms with Crippen LogP contribution in [0.5, 0.6) is 11.5 Å². The molecule has 0 spiro atoms. The van der Waals surface area contributed by atoms with E-state index in [9.17, 15) is 19.2 Å². The molecule has 0 saturated carbocycles. The minimum Gasteiger partial charge on any atom is -0.468 e. The molecule has 0 bridgehead atoms. The maximum atomic E-state index is 12.3. The zero-order valence-corrected chi connectivity index (χ0v) is 20.0. The van der Waals surface area contributed by atoms with E-state index in [1.165, 1.54) is 33.1 Å². The molecule has 0 saturated heterocycles. The van der Waals surface area contributed by atoms with E-state index < -0.39 is 36.2 Å². The van der Waals surface area contributed by atoms with Crippen molar-refractivity contribution in [2.75, 3.05) is 20.3 Å². The van der Waals surface area contributed by atoms with E-state index in [1.54, 1.807) is 13.0 Å². The lowest BCUT2D eigenvalue weighted by molar-refractivity contribution is -0.143. The van der Waals surface area contributed by atoms with Gasteiger partial charge in [-0.05, 0) is 37.0 Å². The zero-order chi connectivity index (χ0) is 25.0. The van der Waals surface area contributed by atoms with E-state index >= 15 is 0 Å². The molecule has 0 aliphatic carbocycles. The Morgan fingerprint density at radius 2 is 1.64 bits per heavy atom. The van der Waals surface area contributed by atoms with E-state index in [1.807, 2.05) is 13.8 Å². The molecular weight excluding hydrogens is 434 g/mol. The van der Waals surface area contributed by atoms with Gasteiger partial charge in [0.05, 0.1) is 13.7 Å². The second kappa shape index (κ2) is 14.1. The maximum absolute atomic E-state index is 12.3. The normalized spacial score (nSPS) is 13.3. The van der Waals surface area contributed by atoms with Gasteiger partial charge < -0.3 is 29.0 Å². The number of hydrogen-bond acceptors (Lipinski definition) is 10. The molecule has 2 unspecified atom stereocenters. The Kier molecular flexibility index (Phi) is 11.9. The van der Waals surface area contributed by atoms with Gasteiger partial charge in [-0.2, -0.15) is 0 Å². The lowest BCUT2D eigenvalue weighted by Crippen LogP contribution is -2.43. The largest absolute Gasteiger partial charge is 0.508 e. The summed E-state index contributed by atoms with van der Waals surface area (Å²) in [5, 5.41) is 3.01. The van der Waals surface area contributed by atoms with Crippen LogP contribution in [-0.4, -0.2) is 56.5 Å². The number of rotatable bonds is 12. The zero-order valence-electron chi connectivity index (χ0n) is 20.0. The number of benzene rings is 1. The van der Waals surface area contributed by atoms with Crippen molar-refractivity contribution >= 4 is 24.1 Å². The van der Waals surface area contributed by atoms with Crippen molar-refractivity contribution in [2.24, 2.45) is 5.92 Å². The van der Waals surface area contributed by atoms with Crippen LogP contribution in [0.1, 0.15) is 46.6 Å². The van der Waals surface area contributed by atoms with Gasteiger partial charge in [-0.3, -0.25) is 14.4 Å². The summed E-state index contributed by atoms with van der Waals surface area (Å²) >= 11 is 0. The Morgan fingerprint density at radius 3 is 2.21 bits per heavy atom. The lowest BCUT2D eigenvalue weighted by Gasteiger charge is -2.20. The average Bonchev–Trinajstić information content (AvgIpc) is 2.75. The quantitative estimate of drug-likeness (QED) is 0.362. The summed E-state index contributed by atoms with van der Waals surface area (Å²) in [7, 11) is 1.26. The lowest BCUT2D eigenvalue weighted by atomic mass is 10.0. The van der Waals surface area contributed by atoms with Crippen LogP contribution in [0, 0.1) is 5.92 Å². The molecule has 0 aliphatic rings. The van der Waals surface area contributed by atoms with Gasteiger partial charge in [0.15, 0.2) is 11.5 Å². The van der Waals surface area contributed by atoms with E-state index in [4.69, 9.17) is 23.7 Å². The van der Waals surface area contributed by atoms with Gasteiger partial charge in [-0.1, -0.05) is 26.3 Å². The summed E-state index contributed by atoms with van der Waals surface area (Å²) in [4.78, 5) is 46.7. The van der Waals surface area contributed by atoms with Gasteiger partial charge in [-0.15, -0.1) is 0 Å². The molecule has 0 aliphatic heterocycles. The number of nitrogens with one attached hydrogen (secondary N) is 1. The van der Waals surface area contributed by atoms with Crippen molar-refractivity contribution in [3.8, 4) is 11.5 Å². The summed E-state index contributed by atoms with van der Waals surface area (Å²) in [5.74, 6) is -1.31. The fraction of sp³-hybridized carbons (Fsp3) is 0.565.